The van der Waals surface area contributed by atoms with Gasteiger partial charge in [-0.3, -0.25) is 0 Å². The van der Waals surface area contributed by atoms with E-state index in [0.29, 0.717) is 11.1 Å². The summed E-state index contributed by atoms with van der Waals surface area (Å²) in [5, 5.41) is 4.44. The van der Waals surface area contributed by atoms with Crippen LogP contribution in [0.5, 0.6) is 0 Å². The average molecular weight is 783 g/mol. The largest absolute Gasteiger partial charge is 0.457 e. The molecule has 0 fully saturated rings. The van der Waals surface area contributed by atoms with Crippen LogP contribution in [0.4, 0.5) is 0 Å². The van der Waals surface area contributed by atoms with Gasteiger partial charge in [0.2, 0.25) is 0 Å². The van der Waals surface area contributed by atoms with Gasteiger partial charge < -0.3 is 4.42 Å². The van der Waals surface area contributed by atoms with E-state index >= 15 is 0 Å². The third-order valence-corrected chi connectivity index (χ3v) is 13.1. The van der Waals surface area contributed by atoms with Gasteiger partial charge in [-0.05, 0) is 82.5 Å². The zero-order valence-electron chi connectivity index (χ0n) is 35.1. The monoisotopic (exact) mass is 786 g/mol. The van der Waals surface area contributed by atoms with Crippen molar-refractivity contribution < 1.29 is 4.42 Å². The maximum atomic E-state index is 7.44. The standard InChI is InChI=1S/C46H9B19O/c47-26-15(14-9-10-5-1-2-6-11(10)12-7-3-4-8-13(12)14)28(49)36(57)33(54)22(26)16-18-20(31(52)39(60)37(58)29(18)50)17(21-19(16)30(51)38(59)40(61)32(21)53)23-27(48)24-25-35(56)41(62)42(63)44(65)46(25)66-45(24)43(64)34(23)55/h1-9H. The van der Waals surface area contributed by atoms with Gasteiger partial charge in [-0.2, -0.15) is 0 Å². The van der Waals surface area contributed by atoms with Crippen LogP contribution in [0.25, 0.3) is 98.4 Å². The first kappa shape index (κ1) is 44.9. The molecule has 1 aromatic heterocycles. The molecule has 0 aliphatic carbocycles. The van der Waals surface area contributed by atoms with Gasteiger partial charge in [0.05, 0.1) is 0 Å². The lowest BCUT2D eigenvalue weighted by atomic mass is 9.56. The lowest BCUT2D eigenvalue weighted by Gasteiger charge is -2.32. The van der Waals surface area contributed by atoms with Gasteiger partial charge in [-0.15, -0.1) is 38.2 Å². The molecule has 20 heteroatoms. The van der Waals surface area contributed by atoms with Crippen molar-refractivity contribution in [2.24, 2.45) is 0 Å². The Hall–Kier alpha value is -4.95. The highest BCUT2D eigenvalue weighted by molar-refractivity contribution is 6.74. The number of hydrogen-bond donors (Lipinski definition) is 0. The van der Waals surface area contributed by atoms with Crippen molar-refractivity contribution in [2.75, 3.05) is 0 Å². The van der Waals surface area contributed by atoms with Crippen LogP contribution in [-0.4, -0.2) is 149 Å². The third-order valence-electron chi connectivity index (χ3n) is 13.1. The molecule has 66 heavy (non-hydrogen) atoms. The summed E-state index contributed by atoms with van der Waals surface area (Å²) >= 11 is 0. The van der Waals surface area contributed by atoms with Crippen molar-refractivity contribution in [1.29, 1.82) is 0 Å². The minimum absolute atomic E-state index is 0.00535. The van der Waals surface area contributed by atoms with Crippen LogP contribution in [0.2, 0.25) is 0 Å². The van der Waals surface area contributed by atoms with E-state index < -0.39 is 0 Å². The molecular weight excluding hydrogens is 774 g/mol. The summed E-state index contributed by atoms with van der Waals surface area (Å²) in [7, 11) is 130. The smallest absolute Gasteiger partial charge is 0.127 e. The summed E-state index contributed by atoms with van der Waals surface area (Å²) < 4.78 is 6.20. The van der Waals surface area contributed by atoms with Gasteiger partial charge in [0.1, 0.15) is 160 Å². The van der Waals surface area contributed by atoms with Crippen molar-refractivity contribution in [3.63, 3.8) is 0 Å². The maximum absolute atomic E-state index is 7.44. The molecule has 1 nitrogen and oxygen atoms in total. The van der Waals surface area contributed by atoms with Crippen LogP contribution in [-0.2, 0) is 0 Å². The van der Waals surface area contributed by atoms with E-state index in [4.69, 9.17) is 153 Å². The summed E-state index contributed by atoms with van der Waals surface area (Å²) in [5.41, 5.74) is 0.485. The van der Waals surface area contributed by atoms with Crippen LogP contribution < -0.4 is 104 Å². The van der Waals surface area contributed by atoms with Gasteiger partial charge in [-0.1, -0.05) is 114 Å². The molecule has 0 saturated heterocycles. The molecule has 0 bridgehead atoms. The van der Waals surface area contributed by atoms with Gasteiger partial charge in [0.25, 0.3) is 0 Å². The number of fused-ring (bicyclic) bond motifs is 8. The van der Waals surface area contributed by atoms with Crippen molar-refractivity contribution >= 4 is 318 Å². The van der Waals surface area contributed by atoms with E-state index in [1.165, 1.54) is 0 Å². The zero-order valence-corrected chi connectivity index (χ0v) is 35.1. The van der Waals surface area contributed by atoms with Crippen LogP contribution in [0.3, 0.4) is 0 Å². The summed E-state index contributed by atoms with van der Waals surface area (Å²) in [6.07, 6.45) is 0. The van der Waals surface area contributed by atoms with Crippen LogP contribution in [0.15, 0.2) is 59.0 Å². The molecular formula is C46H9B19O. The van der Waals surface area contributed by atoms with Crippen LogP contribution in [0, 0.1) is 0 Å². The Morgan fingerprint density at radius 2 is 0.576 bits per heavy atom. The Morgan fingerprint density at radius 1 is 0.242 bits per heavy atom. The first-order chi connectivity index (χ1) is 31.2. The fraction of sp³-hybridized carbons (Fsp3) is 0. The highest BCUT2D eigenvalue weighted by Gasteiger charge is 2.30. The molecule has 0 amide bonds. The van der Waals surface area contributed by atoms with Crippen LogP contribution in [0.1, 0.15) is 0 Å². The topological polar surface area (TPSA) is 13.1 Å². The SMILES string of the molecule is [B]c1c([B])c(-c2cc3ccccc3c3ccccc23)c([B])c(-c2c3c([B])c([B])c([B])c([B])c3c(-c3c([B])c([B])c4oc5c([B])c([B])c([B])c([B])c5c4c3[B])c3c([B])c([B])c([B])c([B])c23)c1[B]. The Balaban J connectivity index is 1.49. The predicted molar refractivity (Wildman–Crippen MR) is 302 cm³/mol. The van der Waals surface area contributed by atoms with Crippen molar-refractivity contribution in [3.05, 3.63) is 54.6 Å². The van der Waals surface area contributed by atoms with E-state index in [-0.39, 0.29) is 170 Å². The van der Waals surface area contributed by atoms with Crippen molar-refractivity contribution in [3.8, 4) is 33.4 Å². The van der Waals surface area contributed by atoms with E-state index in [1.54, 1.807) is 0 Å². The molecule has 1 heterocycles. The Labute approximate surface area is 407 Å². The molecule has 256 valence electrons. The highest BCUT2D eigenvalue weighted by Crippen LogP contribution is 2.41. The fourth-order valence-electron chi connectivity index (χ4n) is 9.76. The molecule has 0 spiro atoms. The molecule has 0 saturated carbocycles. The van der Waals surface area contributed by atoms with Crippen molar-refractivity contribution in [1.82, 2.24) is 0 Å². The minimum atomic E-state index is -0.115. The van der Waals surface area contributed by atoms with E-state index in [1.807, 2.05) is 54.6 Å². The molecule has 10 rings (SSSR count). The maximum Gasteiger partial charge on any atom is 0.127 e. The normalized spacial score (nSPS) is 11.9. The Kier molecular flexibility index (Phi) is 10.6. The first-order valence-corrected chi connectivity index (χ1v) is 20.1. The predicted octanol–water partition coefficient (Wildman–Crippen LogP) is -9.72. The number of rotatable bonds is 3. The summed E-state index contributed by atoms with van der Waals surface area (Å²) in [5.74, 6) is 0. The third kappa shape index (κ3) is 5.81. The molecule has 0 aliphatic heterocycles. The lowest BCUT2D eigenvalue weighted by Crippen LogP contribution is -2.51. The van der Waals surface area contributed by atoms with Gasteiger partial charge in [0, 0.05) is 10.8 Å². The molecule has 0 atom stereocenters. The second kappa shape index (κ2) is 15.5. The molecule has 0 aliphatic rings. The second-order valence-corrected chi connectivity index (χ2v) is 16.4. The summed E-state index contributed by atoms with van der Waals surface area (Å²) in [4.78, 5) is 0. The molecule has 0 N–H and O–H groups in total. The Morgan fingerprint density at radius 3 is 1.08 bits per heavy atom. The first-order valence-electron chi connectivity index (χ1n) is 20.1. The van der Waals surface area contributed by atoms with Gasteiger partial charge in [0.15, 0.2) is 0 Å². The number of benzene rings is 9. The Bertz CT molecular complexity index is 3850. The lowest BCUT2D eigenvalue weighted by molar-refractivity contribution is 0.675. The second-order valence-electron chi connectivity index (χ2n) is 16.4. The van der Waals surface area contributed by atoms with E-state index in [2.05, 4.69) is 0 Å². The van der Waals surface area contributed by atoms with Gasteiger partial charge in [-0.25, -0.2) is 0 Å². The van der Waals surface area contributed by atoms with Gasteiger partial charge >= 0.3 is 0 Å². The molecule has 0 unspecified atom stereocenters. The molecule has 38 radical (unpaired) electrons. The summed E-state index contributed by atoms with van der Waals surface area (Å²) in [6, 6.07) is 17.7. The fourth-order valence-corrected chi connectivity index (χ4v) is 9.76. The molecule has 9 aromatic carbocycles. The zero-order chi connectivity index (χ0) is 47.4. The number of furan rings is 1. The highest BCUT2D eigenvalue weighted by atomic mass is 16.3. The number of hydrogen-bond acceptors (Lipinski definition) is 1. The van der Waals surface area contributed by atoms with E-state index in [9.17, 15) is 0 Å². The average Bonchev–Trinajstić information content (AvgIpc) is 3.72. The quantitative estimate of drug-likeness (QED) is 0.0988. The van der Waals surface area contributed by atoms with Crippen molar-refractivity contribution in [2.45, 2.75) is 0 Å². The minimum Gasteiger partial charge on any atom is -0.457 e. The molecule has 10 aromatic rings. The summed E-state index contributed by atoms with van der Waals surface area (Å²) in [6.45, 7) is 0. The van der Waals surface area contributed by atoms with E-state index in [0.717, 1.165) is 21.5 Å². The van der Waals surface area contributed by atoms with Crippen LogP contribution >= 0.6 is 0 Å².